The van der Waals surface area contributed by atoms with Gasteiger partial charge in [-0.05, 0) is 6.42 Å². The van der Waals surface area contributed by atoms with Gasteiger partial charge in [-0.3, -0.25) is 4.84 Å². The number of unbranched alkanes of at least 4 members (excludes halogenated alkanes) is 2. The summed E-state index contributed by atoms with van der Waals surface area (Å²) in [4.78, 5) is 15.9. The fourth-order valence-electron chi connectivity index (χ4n) is 2.19. The third kappa shape index (κ3) is 7.31. The van der Waals surface area contributed by atoms with Crippen LogP contribution >= 0.6 is 0 Å². The lowest BCUT2D eigenvalue weighted by Crippen LogP contribution is -2.54. The SMILES string of the molecule is CCCCCC(CC(=O)[O-])(C[N+](C)(C)C)ON. The Morgan fingerprint density at radius 1 is 1.35 bits per heavy atom. The highest BCUT2D eigenvalue weighted by Crippen LogP contribution is 2.24. The van der Waals surface area contributed by atoms with Gasteiger partial charge >= 0.3 is 0 Å². The van der Waals surface area contributed by atoms with Gasteiger partial charge in [-0.25, -0.2) is 5.90 Å². The van der Waals surface area contributed by atoms with E-state index in [0.29, 0.717) is 17.4 Å². The fourth-order valence-corrected chi connectivity index (χ4v) is 2.19. The number of carbonyl (C=O) groups excluding carboxylic acids is 1. The Balaban J connectivity index is 4.68. The minimum atomic E-state index is -1.11. The first kappa shape index (κ1) is 16.4. The Bertz CT molecular complexity index is 238. The Hall–Kier alpha value is -0.650. The van der Waals surface area contributed by atoms with Gasteiger partial charge in [0.2, 0.25) is 0 Å². The van der Waals surface area contributed by atoms with E-state index in [1.807, 2.05) is 21.1 Å². The maximum Gasteiger partial charge on any atom is 0.143 e. The van der Waals surface area contributed by atoms with Crippen LogP contribution in [-0.2, 0) is 9.63 Å². The molecule has 0 saturated heterocycles. The molecule has 0 heterocycles. The van der Waals surface area contributed by atoms with E-state index in [4.69, 9.17) is 10.7 Å². The highest BCUT2D eigenvalue weighted by molar-refractivity contribution is 5.65. The molecule has 0 bridgehead atoms. The molecule has 0 saturated carbocycles. The van der Waals surface area contributed by atoms with Gasteiger partial charge in [0, 0.05) is 12.4 Å². The zero-order valence-electron chi connectivity index (χ0n) is 11.5. The molecule has 102 valence electrons. The number of carboxylic acid groups (broad SMARTS) is 1. The number of carboxylic acids is 1. The minimum Gasteiger partial charge on any atom is -0.550 e. The maximum absolute atomic E-state index is 10.8. The van der Waals surface area contributed by atoms with Crippen molar-refractivity contribution in [3.8, 4) is 0 Å². The predicted octanol–water partition coefficient (Wildman–Crippen LogP) is 0.0420. The van der Waals surface area contributed by atoms with Crippen molar-refractivity contribution in [1.29, 1.82) is 0 Å². The molecule has 0 radical (unpaired) electrons. The Kier molecular flexibility index (Phi) is 6.67. The summed E-state index contributed by atoms with van der Waals surface area (Å²) < 4.78 is 0.608. The van der Waals surface area contributed by atoms with E-state index in [1.54, 1.807) is 0 Å². The van der Waals surface area contributed by atoms with Crippen LogP contribution in [0.5, 0.6) is 0 Å². The van der Waals surface area contributed by atoms with Gasteiger partial charge in [-0.15, -0.1) is 0 Å². The topological polar surface area (TPSA) is 75.4 Å². The van der Waals surface area contributed by atoms with Gasteiger partial charge in [-0.2, -0.15) is 0 Å². The number of quaternary nitrogens is 1. The molecular weight excluding hydrogens is 220 g/mol. The van der Waals surface area contributed by atoms with Crippen LogP contribution in [-0.4, -0.2) is 43.7 Å². The van der Waals surface area contributed by atoms with Gasteiger partial charge in [0.1, 0.15) is 12.1 Å². The van der Waals surface area contributed by atoms with Crippen molar-refractivity contribution in [3.05, 3.63) is 0 Å². The van der Waals surface area contributed by atoms with E-state index < -0.39 is 11.6 Å². The normalized spacial score (nSPS) is 15.6. The second-order valence-electron chi connectivity index (χ2n) is 5.76. The van der Waals surface area contributed by atoms with Crippen LogP contribution in [0.3, 0.4) is 0 Å². The summed E-state index contributed by atoms with van der Waals surface area (Å²) in [6.45, 7) is 2.66. The zero-order valence-corrected chi connectivity index (χ0v) is 11.5. The highest BCUT2D eigenvalue weighted by Gasteiger charge is 2.36. The molecule has 0 spiro atoms. The van der Waals surface area contributed by atoms with Gasteiger partial charge in [0.05, 0.1) is 21.1 Å². The number of aliphatic carboxylic acids is 1. The molecule has 5 nitrogen and oxygen atoms in total. The van der Waals surface area contributed by atoms with E-state index in [2.05, 4.69) is 6.92 Å². The van der Waals surface area contributed by atoms with Crippen molar-refractivity contribution in [2.75, 3.05) is 27.7 Å². The average Bonchev–Trinajstić information content (AvgIpc) is 2.14. The molecular formula is C12H26N2O3. The first-order valence-corrected chi connectivity index (χ1v) is 6.13. The van der Waals surface area contributed by atoms with Gasteiger partial charge in [-0.1, -0.05) is 26.2 Å². The lowest BCUT2D eigenvalue weighted by molar-refractivity contribution is -0.877. The van der Waals surface area contributed by atoms with Crippen molar-refractivity contribution in [3.63, 3.8) is 0 Å². The molecule has 0 aromatic rings. The summed E-state index contributed by atoms with van der Waals surface area (Å²) in [6, 6.07) is 0. The van der Waals surface area contributed by atoms with Crippen LogP contribution in [0.25, 0.3) is 0 Å². The van der Waals surface area contributed by atoms with Crippen molar-refractivity contribution < 1.29 is 19.2 Å². The van der Waals surface area contributed by atoms with Gasteiger partial charge in [0.15, 0.2) is 0 Å². The third-order valence-corrected chi connectivity index (χ3v) is 2.71. The molecule has 0 aliphatic heterocycles. The average molecular weight is 246 g/mol. The van der Waals surface area contributed by atoms with E-state index in [-0.39, 0.29) is 6.42 Å². The van der Waals surface area contributed by atoms with E-state index in [1.165, 1.54) is 0 Å². The van der Waals surface area contributed by atoms with E-state index in [0.717, 1.165) is 19.3 Å². The highest BCUT2D eigenvalue weighted by atomic mass is 16.6. The Labute approximate surface area is 104 Å². The van der Waals surface area contributed by atoms with Gasteiger partial charge in [0.25, 0.3) is 0 Å². The number of carbonyl (C=O) groups is 1. The van der Waals surface area contributed by atoms with E-state index >= 15 is 0 Å². The van der Waals surface area contributed by atoms with Crippen LogP contribution in [0.2, 0.25) is 0 Å². The number of nitrogens with zero attached hydrogens (tertiary/aromatic N) is 1. The number of hydrogen-bond acceptors (Lipinski definition) is 4. The summed E-state index contributed by atoms with van der Waals surface area (Å²) in [5.41, 5.74) is -0.813. The van der Waals surface area contributed by atoms with Crippen molar-refractivity contribution in [2.45, 2.75) is 44.6 Å². The molecule has 1 atom stereocenters. The van der Waals surface area contributed by atoms with E-state index in [9.17, 15) is 9.90 Å². The number of likely N-dealkylation sites (N-methyl/N-ethyl adjacent to an activating group) is 1. The zero-order chi connectivity index (χ0) is 13.5. The third-order valence-electron chi connectivity index (χ3n) is 2.71. The first-order chi connectivity index (χ1) is 7.74. The Morgan fingerprint density at radius 3 is 2.29 bits per heavy atom. The first-order valence-electron chi connectivity index (χ1n) is 6.13. The van der Waals surface area contributed by atoms with Gasteiger partial charge < -0.3 is 14.4 Å². The molecule has 0 rings (SSSR count). The molecule has 0 amide bonds. The summed E-state index contributed by atoms with van der Waals surface area (Å²) in [6.07, 6.45) is 3.55. The van der Waals surface area contributed by atoms with Crippen LogP contribution in [0, 0.1) is 0 Å². The summed E-state index contributed by atoms with van der Waals surface area (Å²) in [5, 5.41) is 10.8. The molecule has 5 heteroatoms. The largest absolute Gasteiger partial charge is 0.550 e. The monoisotopic (exact) mass is 246 g/mol. The number of hydrogen-bond donors (Lipinski definition) is 1. The van der Waals surface area contributed by atoms with Crippen LogP contribution < -0.4 is 11.0 Å². The molecule has 1 unspecified atom stereocenters. The maximum atomic E-state index is 10.8. The molecule has 0 fully saturated rings. The van der Waals surface area contributed by atoms with Crippen LogP contribution in [0.4, 0.5) is 0 Å². The molecule has 0 aliphatic carbocycles. The second kappa shape index (κ2) is 6.93. The lowest BCUT2D eigenvalue weighted by atomic mass is 9.91. The van der Waals surface area contributed by atoms with Crippen molar-refractivity contribution in [1.82, 2.24) is 0 Å². The Morgan fingerprint density at radius 2 is 1.94 bits per heavy atom. The second-order valence-corrected chi connectivity index (χ2v) is 5.76. The molecule has 2 N–H and O–H groups in total. The molecule has 0 aromatic heterocycles. The number of nitrogens with two attached hydrogens (primary N) is 1. The summed E-state index contributed by atoms with van der Waals surface area (Å²) >= 11 is 0. The van der Waals surface area contributed by atoms with Crippen LogP contribution in [0.15, 0.2) is 0 Å². The number of rotatable bonds is 9. The molecule has 17 heavy (non-hydrogen) atoms. The molecule has 0 aliphatic rings. The smallest absolute Gasteiger partial charge is 0.143 e. The van der Waals surface area contributed by atoms with Crippen molar-refractivity contribution in [2.24, 2.45) is 5.90 Å². The van der Waals surface area contributed by atoms with Crippen LogP contribution in [0.1, 0.15) is 39.0 Å². The lowest BCUT2D eigenvalue weighted by Gasteiger charge is -2.38. The fraction of sp³-hybridized carbons (Fsp3) is 0.917. The molecule has 0 aromatic carbocycles. The minimum absolute atomic E-state index is 0.150. The summed E-state index contributed by atoms with van der Waals surface area (Å²) in [7, 11) is 5.97. The van der Waals surface area contributed by atoms with Crippen molar-refractivity contribution >= 4 is 5.97 Å². The predicted molar refractivity (Wildman–Crippen MR) is 64.7 cm³/mol. The quantitative estimate of drug-likeness (QED) is 0.354. The summed E-state index contributed by atoms with van der Waals surface area (Å²) in [5.74, 6) is 4.23. The standard InChI is InChI=1S/C12H26N2O3/c1-5-6-7-8-12(17-13,9-11(15)16)10-14(2,3)4/h5-10,13H2,1-4H3.